The van der Waals surface area contributed by atoms with Crippen LogP contribution in [-0.4, -0.2) is 30.7 Å². The van der Waals surface area contributed by atoms with E-state index in [1.165, 1.54) is 0 Å². The number of hydrogen-bond acceptors (Lipinski definition) is 3. The van der Waals surface area contributed by atoms with Gasteiger partial charge in [0.25, 0.3) is 0 Å². The molecule has 1 spiro atoms. The van der Waals surface area contributed by atoms with Gasteiger partial charge in [0.15, 0.2) is 11.4 Å². The zero-order valence-electron chi connectivity index (χ0n) is 5.22. The minimum Gasteiger partial charge on any atom is -0.370 e. The summed E-state index contributed by atoms with van der Waals surface area (Å²) in [7, 11) is 0. The molecule has 0 bridgehead atoms. The van der Waals surface area contributed by atoms with Crippen molar-refractivity contribution in [2.45, 2.75) is 18.6 Å². The van der Waals surface area contributed by atoms with Crippen LogP contribution in [0.3, 0.4) is 0 Å². The van der Waals surface area contributed by atoms with Gasteiger partial charge in [0.1, 0.15) is 6.61 Å². The summed E-state index contributed by atoms with van der Waals surface area (Å²) in [6, 6.07) is 0. The number of carbonyl (C=O) groups excluding carboxylic acids is 1. The fraction of sp³-hybridized carbons (Fsp3) is 0.833. The number of ether oxygens (including phenoxy) is 2. The number of hydrogen-bond donors (Lipinski definition) is 0. The molecular weight excluding hydrogens is 120 g/mol. The maximum Gasteiger partial charge on any atom is 0.195 e. The highest BCUT2D eigenvalue weighted by molar-refractivity contribution is 5.93. The van der Waals surface area contributed by atoms with Crippen molar-refractivity contribution in [1.82, 2.24) is 0 Å². The molecular formula is C6H8O3. The summed E-state index contributed by atoms with van der Waals surface area (Å²) in [6.45, 7) is 2.60. The van der Waals surface area contributed by atoms with E-state index in [2.05, 4.69) is 0 Å². The van der Waals surface area contributed by atoms with Gasteiger partial charge in [-0.1, -0.05) is 0 Å². The van der Waals surface area contributed by atoms with Crippen LogP contribution in [0.4, 0.5) is 0 Å². The molecule has 50 valence electrons. The summed E-state index contributed by atoms with van der Waals surface area (Å²) in [5.74, 6) is 0.106. The fourth-order valence-electron chi connectivity index (χ4n) is 1.22. The number of epoxide rings is 1. The number of rotatable bonds is 0. The van der Waals surface area contributed by atoms with E-state index in [4.69, 9.17) is 9.47 Å². The molecule has 0 radical (unpaired) electrons. The van der Waals surface area contributed by atoms with Crippen molar-refractivity contribution in [2.75, 3.05) is 13.2 Å². The number of Topliss-reactive ketones (excluding diaryl/α,β-unsaturated/α-hetero) is 1. The van der Waals surface area contributed by atoms with Crippen molar-refractivity contribution in [1.29, 1.82) is 0 Å². The Bertz CT molecular complexity index is 166. The Morgan fingerprint density at radius 1 is 1.78 bits per heavy atom. The first kappa shape index (κ1) is 5.38. The lowest BCUT2D eigenvalue weighted by atomic mass is 10.1. The maximum atomic E-state index is 10.9. The average Bonchev–Trinajstić information content (AvgIpc) is 2.29. The number of ketones is 1. The standard InChI is InChI=1S/C6H8O3/c1-4-6(9-4)3-8-2-5(6)7/h4H,2-3H2,1H3. The molecule has 0 aromatic rings. The predicted molar refractivity (Wildman–Crippen MR) is 29.1 cm³/mol. The molecule has 2 aliphatic heterocycles. The smallest absolute Gasteiger partial charge is 0.195 e. The van der Waals surface area contributed by atoms with Crippen LogP contribution in [0.25, 0.3) is 0 Å². The summed E-state index contributed by atoms with van der Waals surface area (Å²) in [6.07, 6.45) is 0.0903. The van der Waals surface area contributed by atoms with Crippen LogP contribution in [0.5, 0.6) is 0 Å². The largest absolute Gasteiger partial charge is 0.370 e. The number of carbonyl (C=O) groups is 1. The summed E-state index contributed by atoms with van der Waals surface area (Å²) >= 11 is 0. The first-order valence-electron chi connectivity index (χ1n) is 3.04. The SMILES string of the molecule is CC1OC12COCC2=O. The third-order valence-corrected chi connectivity index (χ3v) is 2.01. The van der Waals surface area contributed by atoms with Crippen molar-refractivity contribution in [2.24, 2.45) is 0 Å². The average molecular weight is 128 g/mol. The quantitative estimate of drug-likeness (QED) is 0.422. The minimum absolute atomic E-state index is 0.0903. The second-order valence-electron chi connectivity index (χ2n) is 2.57. The van der Waals surface area contributed by atoms with Gasteiger partial charge < -0.3 is 9.47 Å². The predicted octanol–water partition coefficient (Wildman–Crippen LogP) is -0.257. The molecule has 2 unspecified atom stereocenters. The van der Waals surface area contributed by atoms with E-state index in [0.717, 1.165) is 0 Å². The Balaban J connectivity index is 2.21. The molecule has 0 aliphatic carbocycles. The van der Waals surface area contributed by atoms with E-state index in [1.54, 1.807) is 0 Å². The third-order valence-electron chi connectivity index (χ3n) is 2.01. The lowest BCUT2D eigenvalue weighted by molar-refractivity contribution is -0.121. The second-order valence-corrected chi connectivity index (χ2v) is 2.57. The highest BCUT2D eigenvalue weighted by Crippen LogP contribution is 2.40. The molecule has 2 rings (SSSR count). The maximum absolute atomic E-state index is 10.9. The highest BCUT2D eigenvalue weighted by atomic mass is 16.7. The van der Waals surface area contributed by atoms with Gasteiger partial charge in [-0.25, -0.2) is 0 Å². The summed E-state index contributed by atoms with van der Waals surface area (Å²) in [5, 5.41) is 0. The summed E-state index contributed by atoms with van der Waals surface area (Å²) in [5.41, 5.74) is -0.500. The zero-order chi connectivity index (χ0) is 6.48. The van der Waals surface area contributed by atoms with Gasteiger partial charge in [-0.15, -0.1) is 0 Å². The van der Waals surface area contributed by atoms with E-state index in [-0.39, 0.29) is 18.5 Å². The lowest BCUT2D eigenvalue weighted by Gasteiger charge is -1.92. The van der Waals surface area contributed by atoms with Crippen LogP contribution in [0.2, 0.25) is 0 Å². The molecule has 2 saturated heterocycles. The van der Waals surface area contributed by atoms with Gasteiger partial charge >= 0.3 is 0 Å². The Labute approximate surface area is 52.9 Å². The third kappa shape index (κ3) is 0.509. The van der Waals surface area contributed by atoms with Crippen molar-refractivity contribution in [3.8, 4) is 0 Å². The van der Waals surface area contributed by atoms with Crippen molar-refractivity contribution >= 4 is 5.78 Å². The molecule has 2 fully saturated rings. The Kier molecular flexibility index (Phi) is 0.811. The molecule has 0 aromatic carbocycles. The summed E-state index contributed by atoms with van der Waals surface area (Å²) in [4.78, 5) is 10.9. The van der Waals surface area contributed by atoms with Crippen molar-refractivity contribution in [3.05, 3.63) is 0 Å². The second kappa shape index (κ2) is 1.36. The fourth-order valence-corrected chi connectivity index (χ4v) is 1.22. The first-order chi connectivity index (χ1) is 4.26. The minimum atomic E-state index is -0.500. The van der Waals surface area contributed by atoms with Gasteiger partial charge in [-0.05, 0) is 6.92 Å². The normalized spacial score (nSPS) is 48.6. The van der Waals surface area contributed by atoms with E-state index < -0.39 is 5.60 Å². The van der Waals surface area contributed by atoms with Crippen LogP contribution >= 0.6 is 0 Å². The van der Waals surface area contributed by atoms with Crippen LogP contribution in [0.15, 0.2) is 0 Å². The van der Waals surface area contributed by atoms with Gasteiger partial charge in [-0.2, -0.15) is 0 Å². The van der Waals surface area contributed by atoms with Crippen LogP contribution in [0.1, 0.15) is 6.92 Å². The van der Waals surface area contributed by atoms with E-state index >= 15 is 0 Å². The van der Waals surface area contributed by atoms with E-state index in [0.29, 0.717) is 6.61 Å². The Hall–Kier alpha value is -0.410. The summed E-state index contributed by atoms with van der Waals surface area (Å²) < 4.78 is 10.0. The van der Waals surface area contributed by atoms with Crippen LogP contribution < -0.4 is 0 Å². The lowest BCUT2D eigenvalue weighted by Crippen LogP contribution is -2.23. The molecule has 3 nitrogen and oxygen atoms in total. The highest BCUT2D eigenvalue weighted by Gasteiger charge is 2.62. The molecule has 0 aromatic heterocycles. The van der Waals surface area contributed by atoms with Crippen molar-refractivity contribution in [3.63, 3.8) is 0 Å². The molecule has 0 N–H and O–H groups in total. The Morgan fingerprint density at radius 2 is 2.44 bits per heavy atom. The van der Waals surface area contributed by atoms with Crippen molar-refractivity contribution < 1.29 is 14.3 Å². The molecule has 2 heterocycles. The molecule has 0 saturated carbocycles. The van der Waals surface area contributed by atoms with Gasteiger partial charge in [-0.3, -0.25) is 4.79 Å². The monoisotopic (exact) mass is 128 g/mol. The van der Waals surface area contributed by atoms with Crippen LogP contribution in [-0.2, 0) is 14.3 Å². The molecule has 2 aliphatic rings. The Morgan fingerprint density at radius 3 is 2.67 bits per heavy atom. The van der Waals surface area contributed by atoms with Gasteiger partial charge in [0.05, 0.1) is 12.7 Å². The van der Waals surface area contributed by atoms with Gasteiger partial charge in [0.2, 0.25) is 0 Å². The first-order valence-corrected chi connectivity index (χ1v) is 3.04. The molecule has 3 heteroatoms. The van der Waals surface area contributed by atoms with E-state index in [1.807, 2.05) is 6.92 Å². The van der Waals surface area contributed by atoms with Crippen LogP contribution in [0, 0.1) is 0 Å². The molecule has 9 heavy (non-hydrogen) atoms. The topological polar surface area (TPSA) is 38.8 Å². The molecule has 2 atom stereocenters. The van der Waals surface area contributed by atoms with E-state index in [9.17, 15) is 4.79 Å². The van der Waals surface area contributed by atoms with Gasteiger partial charge in [0, 0.05) is 0 Å². The zero-order valence-corrected chi connectivity index (χ0v) is 5.22. The molecule has 0 amide bonds.